The molecule has 1 saturated carbocycles. The Hall–Kier alpha value is -3.40. The number of carboxylic acid groups (broad SMARTS) is 1. The van der Waals surface area contributed by atoms with E-state index in [2.05, 4.69) is 22.0 Å². The van der Waals surface area contributed by atoms with Crippen molar-refractivity contribution in [1.29, 1.82) is 0 Å². The first kappa shape index (κ1) is 25.9. The minimum absolute atomic E-state index is 0.00233. The average Bonchev–Trinajstić information content (AvgIpc) is 3.60. The fourth-order valence-corrected chi connectivity index (χ4v) is 6.35. The molecular weight excluding hydrogens is 511 g/mol. The number of hydrogen-bond donors (Lipinski definition) is 1. The second-order valence-corrected chi connectivity index (χ2v) is 11.1. The summed E-state index contributed by atoms with van der Waals surface area (Å²) in [6.45, 7) is 4.11. The smallest absolute Gasteiger partial charge is 0.417 e. The fourth-order valence-electron chi connectivity index (χ4n) is 6.35. The lowest BCUT2D eigenvalue weighted by Gasteiger charge is -2.40. The van der Waals surface area contributed by atoms with Crippen LogP contribution in [0.4, 0.5) is 19.0 Å². The van der Waals surface area contributed by atoms with Crippen molar-refractivity contribution in [3.63, 3.8) is 0 Å². The maximum atomic E-state index is 13.8. The van der Waals surface area contributed by atoms with Gasteiger partial charge in [-0.2, -0.15) is 13.2 Å². The Balaban J connectivity index is 1.24. The van der Waals surface area contributed by atoms with E-state index in [1.807, 2.05) is 0 Å². The molecule has 39 heavy (non-hydrogen) atoms. The summed E-state index contributed by atoms with van der Waals surface area (Å²) in [5.74, 6) is 0.846. The van der Waals surface area contributed by atoms with Crippen LogP contribution in [-0.4, -0.2) is 39.4 Å². The molecule has 4 atom stereocenters. The van der Waals surface area contributed by atoms with Gasteiger partial charge in [-0.3, -0.25) is 0 Å². The lowest BCUT2D eigenvalue weighted by Crippen LogP contribution is -2.47. The van der Waals surface area contributed by atoms with Gasteiger partial charge in [-0.25, -0.2) is 9.78 Å². The van der Waals surface area contributed by atoms with E-state index in [-0.39, 0.29) is 47.5 Å². The molecule has 3 fully saturated rings. The number of nitrogens with zero attached hydrogens (tertiary/aromatic N) is 3. The van der Waals surface area contributed by atoms with Gasteiger partial charge in [-0.05, 0) is 63.1 Å². The van der Waals surface area contributed by atoms with Crippen molar-refractivity contribution < 1.29 is 32.3 Å². The fraction of sp³-hybridized carbons (Fsp3) is 0.483. The lowest BCUT2D eigenvalue weighted by atomic mass is 9.96. The predicted molar refractivity (Wildman–Crippen MR) is 136 cm³/mol. The molecular formula is C29H30F3N3O4. The monoisotopic (exact) mass is 541 g/mol. The molecule has 4 unspecified atom stereocenters. The maximum absolute atomic E-state index is 13.8. The number of carboxylic acids is 1. The van der Waals surface area contributed by atoms with Gasteiger partial charge in [0.2, 0.25) is 0 Å². The number of ether oxygens (including phenoxy) is 1. The summed E-state index contributed by atoms with van der Waals surface area (Å²) in [4.78, 5) is 18.5. The molecule has 10 heteroatoms. The maximum Gasteiger partial charge on any atom is 0.417 e. The molecule has 2 aromatic heterocycles. The number of aromatic nitrogens is 2. The van der Waals surface area contributed by atoms with Gasteiger partial charge < -0.3 is 19.3 Å². The highest BCUT2D eigenvalue weighted by atomic mass is 19.4. The summed E-state index contributed by atoms with van der Waals surface area (Å²) >= 11 is 0. The Morgan fingerprint density at radius 1 is 1.18 bits per heavy atom. The van der Waals surface area contributed by atoms with Gasteiger partial charge in [0.05, 0.1) is 23.8 Å². The molecule has 6 rings (SSSR count). The molecule has 2 bridgehead atoms. The summed E-state index contributed by atoms with van der Waals surface area (Å²) in [5, 5.41) is 13.6. The zero-order valence-corrected chi connectivity index (χ0v) is 21.7. The standard InChI is InChI=1S/C29H30F3N3O4/c1-15-9-19-12-20(13-24(15)35(19)25-11-18(28(36)37)10-16(2)33-25)38-14-22-26(34-39-27(22)17-7-8-17)21-5-3-4-6-23(21)29(30,31)32/h3-6,10-11,15,17,19-20,24H,7-9,12-14H2,1-2H3,(H,36,37). The van der Waals surface area contributed by atoms with Crippen molar-refractivity contribution in [3.8, 4) is 11.3 Å². The highest BCUT2D eigenvalue weighted by Crippen LogP contribution is 2.47. The van der Waals surface area contributed by atoms with E-state index in [4.69, 9.17) is 9.26 Å². The van der Waals surface area contributed by atoms with Crippen LogP contribution in [0.5, 0.6) is 0 Å². The van der Waals surface area contributed by atoms with Gasteiger partial charge in [-0.1, -0.05) is 30.3 Å². The SMILES string of the molecule is Cc1cc(C(=O)O)cc(N2C3CC(OCc4c(-c5ccccc5C(F)(F)F)noc4C4CC4)CC2C(C)C3)n1. The molecule has 206 valence electrons. The number of anilines is 1. The van der Waals surface area contributed by atoms with E-state index >= 15 is 0 Å². The Kier molecular flexibility index (Phi) is 6.40. The summed E-state index contributed by atoms with van der Waals surface area (Å²) in [6, 6.07) is 8.91. The Bertz CT molecular complexity index is 1400. The van der Waals surface area contributed by atoms with E-state index in [9.17, 15) is 23.1 Å². The molecule has 3 aromatic rings. The van der Waals surface area contributed by atoms with E-state index in [0.717, 1.165) is 31.7 Å². The Labute approximate surface area is 224 Å². The normalized spacial score (nSPS) is 24.8. The summed E-state index contributed by atoms with van der Waals surface area (Å²) in [5.41, 5.74) is 0.930. The average molecular weight is 542 g/mol. The number of pyridine rings is 1. The molecule has 0 amide bonds. The molecule has 1 aromatic carbocycles. The van der Waals surface area contributed by atoms with Gasteiger partial charge in [0, 0.05) is 34.8 Å². The summed E-state index contributed by atoms with van der Waals surface area (Å²) < 4.78 is 53.4. The molecule has 1 N–H and O–H groups in total. The minimum Gasteiger partial charge on any atom is -0.478 e. The van der Waals surface area contributed by atoms with E-state index in [1.165, 1.54) is 12.1 Å². The molecule has 0 spiro atoms. The minimum atomic E-state index is -4.51. The quantitative estimate of drug-likeness (QED) is 0.360. The number of fused-ring (bicyclic) bond motifs is 2. The third-order valence-corrected chi connectivity index (χ3v) is 8.26. The number of alkyl halides is 3. The zero-order valence-electron chi connectivity index (χ0n) is 21.7. The molecule has 0 radical (unpaired) electrons. The first-order chi connectivity index (χ1) is 18.6. The molecule has 2 saturated heterocycles. The van der Waals surface area contributed by atoms with Crippen LogP contribution in [0.15, 0.2) is 40.9 Å². The predicted octanol–water partition coefficient (Wildman–Crippen LogP) is 6.60. The number of rotatable bonds is 7. The van der Waals surface area contributed by atoms with Crippen molar-refractivity contribution in [2.24, 2.45) is 5.92 Å². The highest BCUT2D eigenvalue weighted by Gasteiger charge is 2.46. The second kappa shape index (κ2) is 9.66. The first-order valence-electron chi connectivity index (χ1n) is 13.4. The summed E-state index contributed by atoms with van der Waals surface area (Å²) in [7, 11) is 0. The van der Waals surface area contributed by atoms with Crippen molar-refractivity contribution in [2.75, 3.05) is 4.90 Å². The number of piperidine rings is 1. The van der Waals surface area contributed by atoms with Crippen LogP contribution in [0.1, 0.15) is 77.9 Å². The Morgan fingerprint density at radius 2 is 1.95 bits per heavy atom. The molecule has 1 aliphatic carbocycles. The first-order valence-corrected chi connectivity index (χ1v) is 13.4. The van der Waals surface area contributed by atoms with Gasteiger partial charge in [0.25, 0.3) is 0 Å². The molecule has 4 heterocycles. The van der Waals surface area contributed by atoms with Crippen LogP contribution in [0, 0.1) is 12.8 Å². The van der Waals surface area contributed by atoms with Crippen molar-refractivity contribution in [3.05, 3.63) is 64.5 Å². The van der Waals surface area contributed by atoms with Crippen molar-refractivity contribution in [1.82, 2.24) is 10.1 Å². The van der Waals surface area contributed by atoms with Gasteiger partial charge in [0.1, 0.15) is 17.3 Å². The Morgan fingerprint density at radius 3 is 2.64 bits per heavy atom. The highest BCUT2D eigenvalue weighted by molar-refractivity contribution is 5.88. The lowest BCUT2D eigenvalue weighted by molar-refractivity contribution is -0.137. The number of hydrogen-bond acceptors (Lipinski definition) is 6. The van der Waals surface area contributed by atoms with Crippen LogP contribution in [0.2, 0.25) is 0 Å². The van der Waals surface area contributed by atoms with E-state index < -0.39 is 17.7 Å². The van der Waals surface area contributed by atoms with Crippen LogP contribution in [0.25, 0.3) is 11.3 Å². The van der Waals surface area contributed by atoms with Crippen LogP contribution >= 0.6 is 0 Å². The van der Waals surface area contributed by atoms with Crippen LogP contribution in [-0.2, 0) is 17.5 Å². The van der Waals surface area contributed by atoms with Gasteiger partial charge >= 0.3 is 12.1 Å². The van der Waals surface area contributed by atoms with E-state index in [0.29, 0.717) is 35.2 Å². The van der Waals surface area contributed by atoms with Gasteiger partial charge in [-0.15, -0.1) is 0 Å². The second-order valence-electron chi connectivity index (χ2n) is 11.1. The van der Waals surface area contributed by atoms with E-state index in [1.54, 1.807) is 25.1 Å². The topological polar surface area (TPSA) is 88.7 Å². The number of aromatic carboxylic acids is 1. The number of aryl methyl sites for hydroxylation is 1. The molecule has 3 aliphatic rings. The third kappa shape index (κ3) is 4.90. The zero-order chi connectivity index (χ0) is 27.5. The number of carbonyl (C=O) groups is 1. The summed E-state index contributed by atoms with van der Waals surface area (Å²) in [6.07, 6.45) is -0.397. The number of benzene rings is 1. The largest absolute Gasteiger partial charge is 0.478 e. The molecule has 7 nitrogen and oxygen atoms in total. The van der Waals surface area contributed by atoms with Crippen LogP contribution in [0.3, 0.4) is 0 Å². The van der Waals surface area contributed by atoms with Gasteiger partial charge in [0.15, 0.2) is 0 Å². The number of halogens is 3. The molecule has 2 aliphatic heterocycles. The third-order valence-electron chi connectivity index (χ3n) is 8.26. The van der Waals surface area contributed by atoms with Crippen molar-refractivity contribution in [2.45, 2.75) is 82.8 Å². The van der Waals surface area contributed by atoms with Crippen LogP contribution < -0.4 is 4.90 Å². The van der Waals surface area contributed by atoms with Crippen molar-refractivity contribution >= 4 is 11.8 Å².